The molecule has 2 saturated heterocycles. The molecule has 384 valence electrons. The van der Waals surface area contributed by atoms with E-state index < -0.39 is 90.2 Å². The number of ether oxygens (including phenoxy) is 8. The summed E-state index contributed by atoms with van der Waals surface area (Å²) in [5.41, 5.74) is 1.06. The van der Waals surface area contributed by atoms with Crippen LogP contribution in [0.25, 0.3) is 0 Å². The van der Waals surface area contributed by atoms with E-state index in [9.17, 15) is 33.9 Å². The van der Waals surface area contributed by atoms with Crippen LogP contribution >= 0.6 is 0 Å². The van der Waals surface area contributed by atoms with Gasteiger partial charge in [-0.05, 0) is 87.0 Å². The normalized spacial score (nSPS) is 24.9. The molecule has 2 aliphatic heterocycles. The van der Waals surface area contributed by atoms with E-state index in [-0.39, 0.29) is 73.2 Å². The van der Waals surface area contributed by atoms with E-state index in [1.165, 1.54) is 21.1 Å². The van der Waals surface area contributed by atoms with E-state index in [1.807, 2.05) is 54.5 Å². The molecule has 0 aromatic heterocycles. The van der Waals surface area contributed by atoms with Crippen molar-refractivity contribution in [1.82, 2.24) is 0 Å². The summed E-state index contributed by atoms with van der Waals surface area (Å²) in [5.74, 6) is -5.11. The van der Waals surface area contributed by atoms with Crippen molar-refractivity contribution in [3.05, 3.63) is 23.3 Å². The van der Waals surface area contributed by atoms with Crippen molar-refractivity contribution in [2.45, 2.75) is 216 Å². The second kappa shape index (κ2) is 28.6. The van der Waals surface area contributed by atoms with Crippen LogP contribution < -0.4 is 0 Å². The van der Waals surface area contributed by atoms with Crippen molar-refractivity contribution in [3.8, 4) is 0 Å². The minimum Gasteiger partial charge on any atom is -0.469 e. The summed E-state index contributed by atoms with van der Waals surface area (Å²) in [4.78, 5) is 77.2. The Hall–Kier alpha value is -3.82. The Bertz CT molecular complexity index is 1670. The summed E-state index contributed by atoms with van der Waals surface area (Å²) in [6.07, 6.45) is 1.79. The van der Waals surface area contributed by atoms with Crippen LogP contribution in [0.15, 0.2) is 23.3 Å². The first kappa shape index (κ1) is 59.3. The lowest BCUT2D eigenvalue weighted by molar-refractivity contribution is -0.347. The highest BCUT2D eigenvalue weighted by Gasteiger charge is 2.51. The van der Waals surface area contributed by atoms with Gasteiger partial charge in [0.2, 0.25) is 0 Å². The number of aliphatic hydroxyl groups excluding tert-OH is 1. The van der Waals surface area contributed by atoms with E-state index >= 15 is 0 Å². The lowest BCUT2D eigenvalue weighted by atomic mass is 9.79. The molecule has 15 heteroatoms. The molecule has 2 aliphatic rings. The summed E-state index contributed by atoms with van der Waals surface area (Å²) in [5, 5.41) is 11.7. The molecule has 15 nitrogen and oxygen atoms in total. The number of carbonyl (C=O) groups is 6. The van der Waals surface area contributed by atoms with Crippen molar-refractivity contribution in [2.75, 3.05) is 14.2 Å². The number of aliphatic hydroxyl groups is 1. The lowest BCUT2D eigenvalue weighted by Gasteiger charge is -2.52. The molecule has 2 rings (SSSR count). The van der Waals surface area contributed by atoms with Crippen LogP contribution in [-0.4, -0.2) is 104 Å². The zero-order valence-corrected chi connectivity index (χ0v) is 43.4. The predicted octanol–water partition coefficient (Wildman–Crippen LogP) is 8.94. The molecule has 13 atom stereocenters. The van der Waals surface area contributed by atoms with Gasteiger partial charge in [0.25, 0.3) is 0 Å². The first-order chi connectivity index (χ1) is 31.3. The van der Waals surface area contributed by atoms with Gasteiger partial charge in [0, 0.05) is 63.4 Å². The van der Waals surface area contributed by atoms with Gasteiger partial charge in [-0.3, -0.25) is 24.0 Å². The van der Waals surface area contributed by atoms with E-state index in [2.05, 4.69) is 13.8 Å². The van der Waals surface area contributed by atoms with Crippen LogP contribution in [0.3, 0.4) is 0 Å². The van der Waals surface area contributed by atoms with Gasteiger partial charge >= 0.3 is 35.8 Å². The maximum Gasteiger partial charge on any atom is 0.333 e. The number of hydrogen-bond acceptors (Lipinski definition) is 15. The maximum absolute atomic E-state index is 13.7. The summed E-state index contributed by atoms with van der Waals surface area (Å²) in [7, 11) is 2.65. The third-order valence-electron chi connectivity index (χ3n) is 12.7. The number of hydrogen-bond donors (Lipinski definition) is 1. The summed E-state index contributed by atoms with van der Waals surface area (Å²) in [6, 6.07) is 0. The number of esters is 6. The van der Waals surface area contributed by atoms with Gasteiger partial charge in [-0.15, -0.1) is 0 Å². The molecule has 1 N–H and O–H groups in total. The Morgan fingerprint density at radius 3 is 1.79 bits per heavy atom. The van der Waals surface area contributed by atoms with Crippen LogP contribution in [-0.2, 0) is 66.7 Å². The molecule has 10 unspecified atom stereocenters. The predicted molar refractivity (Wildman–Crippen MR) is 252 cm³/mol. The van der Waals surface area contributed by atoms with Crippen LogP contribution in [0.5, 0.6) is 0 Å². The van der Waals surface area contributed by atoms with Crippen molar-refractivity contribution < 1.29 is 71.8 Å². The molecule has 2 fully saturated rings. The zero-order chi connectivity index (χ0) is 50.8. The number of carbonyl (C=O) groups excluding carboxylic acids is 6. The fourth-order valence-electron chi connectivity index (χ4n) is 9.32. The van der Waals surface area contributed by atoms with Crippen molar-refractivity contribution in [3.63, 3.8) is 0 Å². The van der Waals surface area contributed by atoms with Gasteiger partial charge in [0.05, 0.1) is 26.4 Å². The highest BCUT2D eigenvalue weighted by atomic mass is 16.7. The van der Waals surface area contributed by atoms with Crippen molar-refractivity contribution >= 4 is 35.8 Å². The molecule has 0 radical (unpaired) electrons. The quantitative estimate of drug-likeness (QED) is 0.0373. The molecule has 67 heavy (non-hydrogen) atoms. The van der Waals surface area contributed by atoms with E-state index in [4.69, 9.17) is 37.9 Å². The minimum absolute atomic E-state index is 0.00306. The summed E-state index contributed by atoms with van der Waals surface area (Å²) >= 11 is 0. The van der Waals surface area contributed by atoms with Crippen LogP contribution in [0.4, 0.5) is 0 Å². The van der Waals surface area contributed by atoms with Gasteiger partial charge in [0.1, 0.15) is 30.5 Å². The Labute approximate surface area is 401 Å². The van der Waals surface area contributed by atoms with Crippen molar-refractivity contribution in [1.29, 1.82) is 0 Å². The maximum atomic E-state index is 13.7. The second-order valence-electron chi connectivity index (χ2n) is 20.5. The van der Waals surface area contributed by atoms with E-state index in [0.717, 1.165) is 12.0 Å². The molecular formula is C52H86O15. The zero-order valence-electron chi connectivity index (χ0n) is 43.4. The smallest absolute Gasteiger partial charge is 0.333 e. The van der Waals surface area contributed by atoms with Gasteiger partial charge < -0.3 is 43.0 Å². The Balaban J connectivity index is 2.62. The highest BCUT2D eigenvalue weighted by molar-refractivity contribution is 5.87. The van der Waals surface area contributed by atoms with Crippen LogP contribution in [0.1, 0.15) is 167 Å². The Morgan fingerprint density at radius 2 is 1.25 bits per heavy atom. The first-order valence-electron chi connectivity index (χ1n) is 24.6. The monoisotopic (exact) mass is 951 g/mol. The molecule has 0 aromatic carbocycles. The van der Waals surface area contributed by atoms with E-state index in [1.54, 1.807) is 26.8 Å². The van der Waals surface area contributed by atoms with Crippen LogP contribution in [0, 0.1) is 41.4 Å². The van der Waals surface area contributed by atoms with Crippen LogP contribution in [0.2, 0.25) is 0 Å². The Kier molecular flexibility index (Phi) is 25.3. The SMILES string of the molecule is CCC(=O)OC(C/C=C(\C)C(=O)OC)C(C)C(OC(C)=O)C(CC(C)C(OC(=O)CC(C)C)C1CC(C)C[C@@]2(C[C@@H](C)C[C@H](C(O)/C(C)=C/CCC(C)CC(=O)OC)O2)O1)OC(=O)CC(C)C. The second-order valence-corrected chi connectivity index (χ2v) is 20.5. The fourth-order valence-corrected chi connectivity index (χ4v) is 9.32. The summed E-state index contributed by atoms with van der Waals surface area (Å²) in [6.45, 7) is 23.8. The molecule has 0 amide bonds. The fraction of sp³-hybridized carbons (Fsp3) is 0.808. The topological polar surface area (TPSA) is 196 Å². The number of methoxy groups -OCH3 is 2. The van der Waals surface area contributed by atoms with Gasteiger partial charge in [-0.1, -0.05) is 81.4 Å². The molecular weight excluding hydrogens is 865 g/mol. The van der Waals surface area contributed by atoms with E-state index in [0.29, 0.717) is 38.5 Å². The molecule has 0 aliphatic carbocycles. The average Bonchev–Trinajstić information content (AvgIpc) is 3.23. The third-order valence-corrected chi connectivity index (χ3v) is 12.7. The number of rotatable bonds is 26. The molecule has 0 saturated carbocycles. The molecule has 1 spiro atoms. The highest BCUT2D eigenvalue weighted by Crippen LogP contribution is 2.46. The molecule has 0 bridgehead atoms. The largest absolute Gasteiger partial charge is 0.469 e. The lowest BCUT2D eigenvalue weighted by Crippen LogP contribution is -2.57. The standard InChI is InChI=1S/C52H86O15/c1-16-44(54)63-40(21-20-36(10)51(59)61-15)38(12)50(62-39(13)53)42(64-46(56)22-30(2)3)27-37(11)49(65-47(57)23-31(4)5)43-25-34(8)29-52(67-43)28-33(7)24-41(66-52)48(58)35(9)19-17-18-32(6)26-45(55)60-14/h19-20,30-34,37-38,40-43,48-50,58H,16-18,21-29H2,1-15H3/b35-19+,36-20+/t32?,33-,34?,37?,38?,40?,41+,42?,43?,48?,49?,50?,52+/m0/s1. The minimum atomic E-state index is -1.14. The third kappa shape index (κ3) is 20.4. The van der Waals surface area contributed by atoms with Gasteiger partial charge in [-0.2, -0.15) is 0 Å². The first-order valence-corrected chi connectivity index (χ1v) is 24.6. The number of allylic oxidation sites excluding steroid dienone is 1. The van der Waals surface area contributed by atoms with Gasteiger partial charge in [0.15, 0.2) is 5.79 Å². The molecule has 0 aromatic rings. The van der Waals surface area contributed by atoms with Gasteiger partial charge in [-0.25, -0.2) is 4.79 Å². The molecule has 2 heterocycles. The average molecular weight is 951 g/mol. The summed E-state index contributed by atoms with van der Waals surface area (Å²) < 4.78 is 48.2. The van der Waals surface area contributed by atoms with Crippen molar-refractivity contribution in [2.24, 2.45) is 41.4 Å². The Morgan fingerprint density at radius 1 is 0.701 bits per heavy atom.